The fraction of sp³-hybridized carbons (Fsp3) is 0.0625. The molecule has 0 fully saturated rings. The van der Waals surface area contributed by atoms with Crippen molar-refractivity contribution in [3.05, 3.63) is 76.3 Å². The Labute approximate surface area is 114 Å². The molecule has 20 heavy (non-hydrogen) atoms. The summed E-state index contributed by atoms with van der Waals surface area (Å²) < 4.78 is 18.8. The molecule has 100 valence electrons. The van der Waals surface area contributed by atoms with Crippen LogP contribution in [0.5, 0.6) is 5.75 Å². The average Bonchev–Trinajstić information content (AvgIpc) is 2.45. The van der Waals surface area contributed by atoms with Gasteiger partial charge in [-0.2, -0.15) is 0 Å². The molecular formula is C16H12FNO2. The van der Waals surface area contributed by atoms with Crippen LogP contribution in [0.25, 0.3) is 10.9 Å². The van der Waals surface area contributed by atoms with Gasteiger partial charge in [-0.25, -0.2) is 4.39 Å². The standard InChI is InChI=1S/C16H12FNO2/c17-13-5-1-3-11(9-13)10-20-14-6-2-4-12-7-8-15(19)18-16(12)14/h1-9H,10H2,(H,18,19). The van der Waals surface area contributed by atoms with E-state index in [0.717, 1.165) is 10.9 Å². The Morgan fingerprint density at radius 1 is 1.05 bits per heavy atom. The van der Waals surface area contributed by atoms with Crippen LogP contribution in [0.3, 0.4) is 0 Å². The third-order valence-corrected chi connectivity index (χ3v) is 3.00. The van der Waals surface area contributed by atoms with Crippen molar-refractivity contribution in [1.29, 1.82) is 0 Å². The highest BCUT2D eigenvalue weighted by Crippen LogP contribution is 2.23. The third-order valence-electron chi connectivity index (χ3n) is 3.00. The SMILES string of the molecule is O=c1ccc2cccc(OCc3cccc(F)c3)c2[nH]1. The fourth-order valence-corrected chi connectivity index (χ4v) is 2.06. The summed E-state index contributed by atoms with van der Waals surface area (Å²) in [6.07, 6.45) is 0. The number of nitrogens with one attached hydrogen (secondary N) is 1. The molecule has 0 radical (unpaired) electrons. The van der Waals surface area contributed by atoms with E-state index in [-0.39, 0.29) is 18.0 Å². The van der Waals surface area contributed by atoms with Crippen molar-refractivity contribution in [3.8, 4) is 5.75 Å². The quantitative estimate of drug-likeness (QED) is 0.793. The summed E-state index contributed by atoms with van der Waals surface area (Å²) in [7, 11) is 0. The minimum Gasteiger partial charge on any atom is -0.487 e. The molecule has 3 aromatic rings. The number of H-pyrrole nitrogens is 1. The first-order valence-electron chi connectivity index (χ1n) is 6.22. The second kappa shape index (κ2) is 5.17. The van der Waals surface area contributed by atoms with Gasteiger partial charge in [0.1, 0.15) is 18.2 Å². The summed E-state index contributed by atoms with van der Waals surface area (Å²) in [5.41, 5.74) is 1.20. The van der Waals surface area contributed by atoms with Crippen LogP contribution in [0.1, 0.15) is 5.56 Å². The molecule has 0 saturated carbocycles. The predicted octanol–water partition coefficient (Wildman–Crippen LogP) is 3.25. The molecule has 3 rings (SSSR count). The van der Waals surface area contributed by atoms with Crippen LogP contribution < -0.4 is 10.3 Å². The first-order valence-corrected chi connectivity index (χ1v) is 6.22. The zero-order valence-corrected chi connectivity index (χ0v) is 10.6. The number of benzene rings is 2. The summed E-state index contributed by atoms with van der Waals surface area (Å²) in [5, 5.41) is 0.890. The lowest BCUT2D eigenvalue weighted by molar-refractivity contribution is 0.308. The van der Waals surface area contributed by atoms with Crippen LogP contribution in [0, 0.1) is 5.82 Å². The second-order valence-corrected chi connectivity index (χ2v) is 4.46. The number of pyridine rings is 1. The molecule has 0 spiro atoms. The van der Waals surface area contributed by atoms with Crippen molar-refractivity contribution in [1.82, 2.24) is 4.98 Å². The van der Waals surface area contributed by atoms with Crippen LogP contribution in [0.2, 0.25) is 0 Å². The minimum absolute atomic E-state index is 0.181. The molecular weight excluding hydrogens is 257 g/mol. The molecule has 0 aliphatic heterocycles. The number of halogens is 1. The summed E-state index contributed by atoms with van der Waals surface area (Å²) in [4.78, 5) is 14.1. The van der Waals surface area contributed by atoms with Gasteiger partial charge in [-0.05, 0) is 29.8 Å². The predicted molar refractivity (Wildman–Crippen MR) is 75.3 cm³/mol. The Morgan fingerprint density at radius 2 is 1.90 bits per heavy atom. The van der Waals surface area contributed by atoms with Crippen molar-refractivity contribution in [3.63, 3.8) is 0 Å². The van der Waals surface area contributed by atoms with Gasteiger partial charge in [0.15, 0.2) is 0 Å². The number of hydrogen-bond acceptors (Lipinski definition) is 2. The molecule has 4 heteroatoms. The maximum atomic E-state index is 13.1. The number of fused-ring (bicyclic) bond motifs is 1. The van der Waals surface area contributed by atoms with E-state index in [1.165, 1.54) is 18.2 Å². The Morgan fingerprint density at radius 3 is 2.75 bits per heavy atom. The number of ether oxygens (including phenoxy) is 1. The molecule has 0 saturated heterocycles. The Balaban J connectivity index is 1.91. The zero-order chi connectivity index (χ0) is 13.9. The molecule has 1 N–H and O–H groups in total. The van der Waals surface area contributed by atoms with Crippen LogP contribution in [-0.2, 0) is 6.61 Å². The van der Waals surface area contributed by atoms with E-state index in [4.69, 9.17) is 4.74 Å². The van der Waals surface area contributed by atoms with Gasteiger partial charge >= 0.3 is 0 Å². The summed E-state index contributed by atoms with van der Waals surface area (Å²) >= 11 is 0. The molecule has 0 aliphatic rings. The fourth-order valence-electron chi connectivity index (χ4n) is 2.06. The minimum atomic E-state index is -0.294. The lowest BCUT2D eigenvalue weighted by Crippen LogP contribution is -2.04. The molecule has 0 aliphatic carbocycles. The van der Waals surface area contributed by atoms with E-state index in [1.807, 2.05) is 12.1 Å². The van der Waals surface area contributed by atoms with Crippen LogP contribution in [0.15, 0.2) is 59.4 Å². The van der Waals surface area contributed by atoms with Gasteiger partial charge in [0.25, 0.3) is 0 Å². The number of aromatic amines is 1. The normalized spacial score (nSPS) is 10.7. The number of rotatable bonds is 3. The zero-order valence-electron chi connectivity index (χ0n) is 10.6. The van der Waals surface area contributed by atoms with Crippen LogP contribution in [0.4, 0.5) is 4.39 Å². The summed E-state index contributed by atoms with van der Waals surface area (Å²) in [6, 6.07) is 15.0. The molecule has 0 unspecified atom stereocenters. The molecule has 0 amide bonds. The molecule has 2 aromatic carbocycles. The van der Waals surface area contributed by atoms with E-state index in [1.54, 1.807) is 24.3 Å². The molecule has 3 nitrogen and oxygen atoms in total. The highest BCUT2D eigenvalue weighted by molar-refractivity contribution is 5.84. The number of aromatic nitrogens is 1. The first-order chi connectivity index (χ1) is 9.72. The van der Waals surface area contributed by atoms with Crippen molar-refractivity contribution < 1.29 is 9.13 Å². The maximum Gasteiger partial charge on any atom is 0.248 e. The molecule has 0 bridgehead atoms. The number of para-hydroxylation sites is 1. The van der Waals surface area contributed by atoms with Gasteiger partial charge in [0.2, 0.25) is 5.56 Å². The van der Waals surface area contributed by atoms with Crippen molar-refractivity contribution in [2.75, 3.05) is 0 Å². The largest absolute Gasteiger partial charge is 0.487 e. The van der Waals surface area contributed by atoms with E-state index in [0.29, 0.717) is 11.3 Å². The molecule has 0 atom stereocenters. The Hall–Kier alpha value is -2.62. The first kappa shape index (κ1) is 12.4. The van der Waals surface area contributed by atoms with Crippen LogP contribution >= 0.6 is 0 Å². The van der Waals surface area contributed by atoms with Gasteiger partial charge in [-0.3, -0.25) is 4.79 Å². The summed E-state index contributed by atoms with van der Waals surface area (Å²) in [6.45, 7) is 0.244. The highest BCUT2D eigenvalue weighted by atomic mass is 19.1. The Kier molecular flexibility index (Phi) is 3.21. The van der Waals surface area contributed by atoms with Crippen molar-refractivity contribution >= 4 is 10.9 Å². The number of hydrogen-bond donors (Lipinski definition) is 1. The topological polar surface area (TPSA) is 42.1 Å². The molecule has 1 aromatic heterocycles. The second-order valence-electron chi connectivity index (χ2n) is 4.46. The van der Waals surface area contributed by atoms with E-state index < -0.39 is 0 Å². The van der Waals surface area contributed by atoms with E-state index >= 15 is 0 Å². The van der Waals surface area contributed by atoms with Gasteiger partial charge in [-0.1, -0.05) is 24.3 Å². The molecule has 1 heterocycles. The lowest BCUT2D eigenvalue weighted by atomic mass is 10.2. The van der Waals surface area contributed by atoms with E-state index in [2.05, 4.69) is 4.98 Å². The maximum absolute atomic E-state index is 13.1. The monoisotopic (exact) mass is 269 g/mol. The van der Waals surface area contributed by atoms with Crippen LogP contribution in [-0.4, -0.2) is 4.98 Å². The third kappa shape index (κ3) is 2.54. The van der Waals surface area contributed by atoms with Gasteiger partial charge in [0.05, 0.1) is 5.52 Å². The highest BCUT2D eigenvalue weighted by Gasteiger charge is 2.03. The van der Waals surface area contributed by atoms with Crippen molar-refractivity contribution in [2.24, 2.45) is 0 Å². The van der Waals surface area contributed by atoms with Gasteiger partial charge in [0, 0.05) is 11.5 Å². The Bertz CT molecular complexity index is 811. The van der Waals surface area contributed by atoms with Crippen molar-refractivity contribution in [2.45, 2.75) is 6.61 Å². The van der Waals surface area contributed by atoms with E-state index in [9.17, 15) is 9.18 Å². The smallest absolute Gasteiger partial charge is 0.248 e. The van der Waals surface area contributed by atoms with Gasteiger partial charge in [-0.15, -0.1) is 0 Å². The summed E-state index contributed by atoms with van der Waals surface area (Å²) in [5.74, 6) is 0.280. The van der Waals surface area contributed by atoms with Gasteiger partial charge < -0.3 is 9.72 Å². The average molecular weight is 269 g/mol. The lowest BCUT2D eigenvalue weighted by Gasteiger charge is -2.09.